The molecule has 0 aliphatic carbocycles. The fourth-order valence-corrected chi connectivity index (χ4v) is 5.32. The van der Waals surface area contributed by atoms with Crippen LogP contribution in [0.3, 0.4) is 0 Å². The molecule has 1 aromatic heterocycles. The van der Waals surface area contributed by atoms with Crippen molar-refractivity contribution < 1.29 is 13.2 Å². The van der Waals surface area contributed by atoms with Gasteiger partial charge in [0.2, 0.25) is 10.0 Å². The number of aromatic nitrogens is 2. The molecule has 1 N–H and O–H groups in total. The molecule has 1 aliphatic rings. The minimum absolute atomic E-state index is 0.0641. The molecule has 3 aromatic rings. The topological polar surface area (TPSA) is 101 Å². The van der Waals surface area contributed by atoms with Gasteiger partial charge in [0.15, 0.2) is 0 Å². The van der Waals surface area contributed by atoms with Crippen molar-refractivity contribution in [3.63, 3.8) is 0 Å². The van der Waals surface area contributed by atoms with Gasteiger partial charge in [-0.3, -0.25) is 9.59 Å². The molecule has 4 rings (SSSR count). The predicted molar refractivity (Wildman–Crippen MR) is 126 cm³/mol. The number of anilines is 1. The molecule has 0 unspecified atom stereocenters. The van der Waals surface area contributed by atoms with E-state index in [0.717, 1.165) is 30.4 Å². The average molecular weight is 467 g/mol. The minimum atomic E-state index is -3.63. The third kappa shape index (κ3) is 5.20. The van der Waals surface area contributed by atoms with E-state index in [9.17, 15) is 18.0 Å². The van der Waals surface area contributed by atoms with Gasteiger partial charge in [0, 0.05) is 24.8 Å². The zero-order valence-corrected chi connectivity index (χ0v) is 19.2. The first-order valence-electron chi connectivity index (χ1n) is 10.9. The lowest BCUT2D eigenvalue weighted by molar-refractivity contribution is 0.101. The molecular weight excluding hydrogens is 440 g/mol. The van der Waals surface area contributed by atoms with E-state index >= 15 is 0 Å². The molecule has 1 aliphatic heterocycles. The summed E-state index contributed by atoms with van der Waals surface area (Å²) in [4.78, 5) is 25.3. The Bertz CT molecular complexity index is 1310. The average Bonchev–Trinajstić information content (AvgIpc) is 2.83. The van der Waals surface area contributed by atoms with Crippen molar-refractivity contribution in [2.45, 2.75) is 37.6 Å². The van der Waals surface area contributed by atoms with Gasteiger partial charge in [0.25, 0.3) is 11.5 Å². The van der Waals surface area contributed by atoms with Crippen molar-refractivity contribution in [3.05, 3.63) is 87.8 Å². The lowest BCUT2D eigenvalue weighted by Crippen LogP contribution is -2.35. The number of carbonyl (C=O) groups is 1. The maximum absolute atomic E-state index is 13.0. The van der Waals surface area contributed by atoms with Gasteiger partial charge in [-0.25, -0.2) is 13.1 Å². The van der Waals surface area contributed by atoms with E-state index in [1.807, 2.05) is 30.3 Å². The Morgan fingerprint density at radius 3 is 2.45 bits per heavy atom. The van der Waals surface area contributed by atoms with Crippen molar-refractivity contribution in [1.82, 2.24) is 14.1 Å². The second-order valence-corrected chi connectivity index (χ2v) is 10.0. The SMILES string of the molecule is Cc1ccc(S(=O)(=O)N2CCCCC2)cc1NC(=O)c1ccc(=O)n(Cc2ccccc2)n1. The number of nitrogens with one attached hydrogen (secondary N) is 1. The van der Waals surface area contributed by atoms with Crippen molar-refractivity contribution in [2.75, 3.05) is 18.4 Å². The van der Waals surface area contributed by atoms with Gasteiger partial charge in [-0.15, -0.1) is 0 Å². The van der Waals surface area contributed by atoms with Crippen LogP contribution in [0.4, 0.5) is 5.69 Å². The largest absolute Gasteiger partial charge is 0.320 e. The predicted octanol–water partition coefficient (Wildman–Crippen LogP) is 3.03. The number of rotatable bonds is 6. The molecule has 0 spiro atoms. The smallest absolute Gasteiger partial charge is 0.276 e. The molecule has 0 atom stereocenters. The van der Waals surface area contributed by atoms with Crippen LogP contribution in [0, 0.1) is 6.92 Å². The van der Waals surface area contributed by atoms with E-state index in [4.69, 9.17) is 0 Å². The van der Waals surface area contributed by atoms with E-state index in [-0.39, 0.29) is 22.7 Å². The Morgan fingerprint density at radius 2 is 1.73 bits per heavy atom. The number of hydrogen-bond donors (Lipinski definition) is 1. The number of piperidine rings is 1. The summed E-state index contributed by atoms with van der Waals surface area (Å²) in [5.74, 6) is -0.521. The van der Waals surface area contributed by atoms with Crippen LogP contribution < -0.4 is 10.9 Å². The fourth-order valence-electron chi connectivity index (χ4n) is 3.78. The van der Waals surface area contributed by atoms with E-state index in [1.165, 1.54) is 27.2 Å². The number of benzene rings is 2. The Hall–Kier alpha value is -3.30. The Balaban J connectivity index is 1.57. The minimum Gasteiger partial charge on any atom is -0.320 e. The molecule has 2 heterocycles. The number of aryl methyl sites for hydroxylation is 1. The molecule has 1 saturated heterocycles. The third-order valence-corrected chi connectivity index (χ3v) is 7.58. The number of hydrogen-bond acceptors (Lipinski definition) is 5. The van der Waals surface area contributed by atoms with Gasteiger partial charge in [0.1, 0.15) is 5.69 Å². The van der Waals surface area contributed by atoms with E-state index in [1.54, 1.807) is 19.1 Å². The summed E-state index contributed by atoms with van der Waals surface area (Å²) in [5, 5.41) is 6.96. The van der Waals surface area contributed by atoms with Crippen molar-refractivity contribution in [1.29, 1.82) is 0 Å². The maximum atomic E-state index is 13.0. The highest BCUT2D eigenvalue weighted by molar-refractivity contribution is 7.89. The maximum Gasteiger partial charge on any atom is 0.276 e. The Morgan fingerprint density at radius 1 is 1.00 bits per heavy atom. The normalized spacial score (nSPS) is 14.7. The van der Waals surface area contributed by atoms with Gasteiger partial charge in [-0.1, -0.05) is 42.8 Å². The van der Waals surface area contributed by atoms with E-state index in [2.05, 4.69) is 10.4 Å². The number of carbonyl (C=O) groups excluding carboxylic acids is 1. The Labute approximate surface area is 192 Å². The molecule has 8 nitrogen and oxygen atoms in total. The molecule has 1 amide bonds. The molecule has 1 fully saturated rings. The van der Waals surface area contributed by atoms with Gasteiger partial charge >= 0.3 is 0 Å². The monoisotopic (exact) mass is 466 g/mol. The zero-order valence-electron chi connectivity index (χ0n) is 18.4. The van der Waals surface area contributed by atoms with Gasteiger partial charge in [-0.2, -0.15) is 9.40 Å². The van der Waals surface area contributed by atoms with Crippen LogP contribution in [0.15, 0.2) is 70.4 Å². The second kappa shape index (κ2) is 9.68. The fraction of sp³-hybridized carbons (Fsp3) is 0.292. The zero-order chi connectivity index (χ0) is 23.4. The van der Waals surface area contributed by atoms with Crippen LogP contribution in [-0.4, -0.2) is 41.5 Å². The van der Waals surface area contributed by atoms with Crippen LogP contribution in [0.5, 0.6) is 0 Å². The van der Waals surface area contributed by atoms with Crippen LogP contribution in [0.2, 0.25) is 0 Å². The first kappa shape index (κ1) is 22.9. The lowest BCUT2D eigenvalue weighted by atomic mass is 10.2. The quantitative estimate of drug-likeness (QED) is 0.602. The molecule has 2 aromatic carbocycles. The molecule has 9 heteroatoms. The van der Waals surface area contributed by atoms with Crippen LogP contribution >= 0.6 is 0 Å². The first-order chi connectivity index (χ1) is 15.8. The molecular formula is C24H26N4O4S. The number of amides is 1. The van der Waals surface area contributed by atoms with Crippen LogP contribution in [0.25, 0.3) is 0 Å². The highest BCUT2D eigenvalue weighted by Crippen LogP contribution is 2.25. The summed E-state index contributed by atoms with van der Waals surface area (Å²) < 4.78 is 28.8. The molecule has 33 heavy (non-hydrogen) atoms. The van der Waals surface area contributed by atoms with Crippen LogP contribution in [0.1, 0.15) is 40.9 Å². The Kier molecular flexibility index (Phi) is 6.71. The summed E-state index contributed by atoms with van der Waals surface area (Å²) in [6.07, 6.45) is 2.72. The second-order valence-electron chi connectivity index (χ2n) is 8.10. The summed E-state index contributed by atoms with van der Waals surface area (Å²) in [6, 6.07) is 16.7. The van der Waals surface area contributed by atoms with Gasteiger partial charge in [0.05, 0.1) is 11.4 Å². The number of sulfonamides is 1. The van der Waals surface area contributed by atoms with E-state index < -0.39 is 15.9 Å². The third-order valence-electron chi connectivity index (χ3n) is 5.68. The molecule has 0 radical (unpaired) electrons. The first-order valence-corrected chi connectivity index (χ1v) is 12.3. The summed E-state index contributed by atoms with van der Waals surface area (Å²) in [5.41, 5.74) is 1.74. The van der Waals surface area contributed by atoms with Gasteiger partial charge in [-0.05, 0) is 49.1 Å². The molecule has 172 valence electrons. The van der Waals surface area contributed by atoms with Crippen molar-refractivity contribution in [2.24, 2.45) is 0 Å². The highest BCUT2D eigenvalue weighted by Gasteiger charge is 2.26. The van der Waals surface area contributed by atoms with Crippen LogP contribution in [-0.2, 0) is 16.6 Å². The summed E-state index contributed by atoms with van der Waals surface area (Å²) in [7, 11) is -3.63. The molecule has 0 saturated carbocycles. The summed E-state index contributed by atoms with van der Waals surface area (Å²) in [6.45, 7) is 3.04. The number of nitrogens with zero attached hydrogens (tertiary/aromatic N) is 3. The standard InChI is InChI=1S/C24H26N4O4S/c1-18-10-11-20(33(31,32)27-14-6-3-7-15-27)16-22(18)25-24(30)21-12-13-23(29)28(26-21)17-19-8-4-2-5-9-19/h2,4-5,8-13,16H,3,6-7,14-15,17H2,1H3,(H,25,30). The highest BCUT2D eigenvalue weighted by atomic mass is 32.2. The van der Waals surface area contributed by atoms with Gasteiger partial charge < -0.3 is 5.32 Å². The lowest BCUT2D eigenvalue weighted by Gasteiger charge is -2.26. The van der Waals surface area contributed by atoms with E-state index in [0.29, 0.717) is 18.8 Å². The van der Waals surface area contributed by atoms with Crippen molar-refractivity contribution >= 4 is 21.6 Å². The molecule has 0 bridgehead atoms. The summed E-state index contributed by atoms with van der Waals surface area (Å²) >= 11 is 0. The van der Waals surface area contributed by atoms with Crippen molar-refractivity contribution in [3.8, 4) is 0 Å².